The van der Waals surface area contributed by atoms with Gasteiger partial charge in [-0.2, -0.15) is 0 Å². The zero-order valence-corrected chi connectivity index (χ0v) is 12.6. The fraction of sp³-hybridized carbons (Fsp3) is 1.00. The Morgan fingerprint density at radius 3 is 2.17 bits per heavy atom. The summed E-state index contributed by atoms with van der Waals surface area (Å²) in [6.45, 7) is 13.6. The maximum atomic E-state index is 5.74. The van der Waals surface area contributed by atoms with Gasteiger partial charge in [0.2, 0.25) is 0 Å². The van der Waals surface area contributed by atoms with Crippen LogP contribution in [0.1, 0.15) is 26.7 Å². The molecule has 108 valence electrons. The van der Waals surface area contributed by atoms with E-state index in [4.69, 9.17) is 5.73 Å². The van der Waals surface area contributed by atoms with Crippen molar-refractivity contribution in [3.63, 3.8) is 0 Å². The zero-order chi connectivity index (χ0) is 13.4. The van der Waals surface area contributed by atoms with Crippen LogP contribution in [0.4, 0.5) is 0 Å². The summed E-state index contributed by atoms with van der Waals surface area (Å²) in [4.78, 5) is 7.58. The summed E-state index contributed by atoms with van der Waals surface area (Å²) in [5.74, 6) is 0. The molecule has 0 aromatic carbocycles. The molecule has 0 aromatic heterocycles. The third-order valence-corrected chi connectivity index (χ3v) is 4.17. The van der Waals surface area contributed by atoms with Crippen molar-refractivity contribution >= 4 is 0 Å². The van der Waals surface area contributed by atoms with Crippen molar-refractivity contribution in [3.05, 3.63) is 0 Å². The predicted octanol–water partition coefficient (Wildman–Crippen LogP) is 0.683. The highest BCUT2D eigenvalue weighted by Gasteiger charge is 2.17. The number of hydrogen-bond acceptors (Lipinski definition) is 4. The van der Waals surface area contributed by atoms with E-state index in [1.807, 2.05) is 0 Å². The molecule has 0 atom stereocenters. The largest absolute Gasteiger partial charge is 0.329 e. The van der Waals surface area contributed by atoms with Crippen molar-refractivity contribution < 1.29 is 0 Å². The van der Waals surface area contributed by atoms with E-state index < -0.39 is 0 Å². The van der Waals surface area contributed by atoms with Gasteiger partial charge >= 0.3 is 0 Å². The van der Waals surface area contributed by atoms with E-state index in [-0.39, 0.29) is 0 Å². The highest BCUT2D eigenvalue weighted by atomic mass is 15.3. The summed E-state index contributed by atoms with van der Waals surface area (Å²) >= 11 is 0. The third-order valence-electron chi connectivity index (χ3n) is 4.17. The van der Waals surface area contributed by atoms with Crippen LogP contribution in [0.15, 0.2) is 0 Å². The minimum atomic E-state index is 0.709. The highest BCUT2D eigenvalue weighted by Crippen LogP contribution is 2.08. The number of nitrogens with two attached hydrogens (primary N) is 1. The maximum Gasteiger partial charge on any atom is 0.0113 e. The molecule has 0 amide bonds. The average molecular weight is 256 g/mol. The van der Waals surface area contributed by atoms with Gasteiger partial charge in [-0.15, -0.1) is 0 Å². The van der Waals surface area contributed by atoms with Crippen LogP contribution in [0.2, 0.25) is 0 Å². The van der Waals surface area contributed by atoms with Gasteiger partial charge < -0.3 is 10.6 Å². The molecule has 1 aliphatic rings. The number of nitrogens with zero attached hydrogens (tertiary/aromatic N) is 3. The quantitative estimate of drug-likeness (QED) is 0.693. The van der Waals surface area contributed by atoms with Crippen LogP contribution in [0.3, 0.4) is 0 Å². The Balaban J connectivity index is 2.32. The van der Waals surface area contributed by atoms with Gasteiger partial charge in [0.1, 0.15) is 0 Å². The van der Waals surface area contributed by atoms with Gasteiger partial charge in [0, 0.05) is 58.4 Å². The van der Waals surface area contributed by atoms with Crippen LogP contribution in [-0.4, -0.2) is 80.1 Å². The molecule has 0 saturated carbocycles. The van der Waals surface area contributed by atoms with Gasteiger partial charge in [-0.1, -0.05) is 13.8 Å². The van der Waals surface area contributed by atoms with Gasteiger partial charge in [0.25, 0.3) is 0 Å². The Labute approximate surface area is 113 Å². The van der Waals surface area contributed by atoms with Crippen LogP contribution in [-0.2, 0) is 0 Å². The van der Waals surface area contributed by atoms with Gasteiger partial charge in [-0.25, -0.2) is 0 Å². The lowest BCUT2D eigenvalue weighted by atomic mass is 10.1. The van der Waals surface area contributed by atoms with Gasteiger partial charge in [0.05, 0.1) is 0 Å². The average Bonchev–Trinajstić information content (AvgIpc) is 2.39. The number of rotatable bonds is 8. The first-order valence-electron chi connectivity index (χ1n) is 7.56. The summed E-state index contributed by atoms with van der Waals surface area (Å²) in [5.41, 5.74) is 5.74. The standard InChI is InChI=1S/C14H32N4/c1-4-14(5-2)18(7-6-15)13-12-17-10-8-16(3)9-11-17/h14H,4-13,15H2,1-3H3. The topological polar surface area (TPSA) is 35.7 Å². The van der Waals surface area contributed by atoms with Gasteiger partial charge in [-0.3, -0.25) is 9.80 Å². The molecule has 0 aliphatic carbocycles. The smallest absolute Gasteiger partial charge is 0.0113 e. The normalized spacial score (nSPS) is 19.0. The molecule has 1 saturated heterocycles. The van der Waals surface area contributed by atoms with Crippen molar-refractivity contribution in [2.45, 2.75) is 32.7 Å². The van der Waals surface area contributed by atoms with Crippen LogP contribution in [0.25, 0.3) is 0 Å². The second kappa shape index (κ2) is 8.86. The molecule has 0 aromatic rings. The summed E-state index contributed by atoms with van der Waals surface area (Å²) in [6, 6.07) is 0.709. The van der Waals surface area contributed by atoms with Crippen molar-refractivity contribution in [2.24, 2.45) is 5.73 Å². The van der Waals surface area contributed by atoms with Crippen molar-refractivity contribution in [1.82, 2.24) is 14.7 Å². The minimum Gasteiger partial charge on any atom is -0.329 e. The lowest BCUT2D eigenvalue weighted by molar-refractivity contribution is 0.118. The van der Waals surface area contributed by atoms with Crippen molar-refractivity contribution in [1.29, 1.82) is 0 Å². The van der Waals surface area contributed by atoms with Crippen LogP contribution >= 0.6 is 0 Å². The molecule has 1 rings (SSSR count). The second-order valence-electron chi connectivity index (χ2n) is 5.44. The SMILES string of the molecule is CCC(CC)N(CCN)CCN1CCN(C)CC1. The predicted molar refractivity (Wildman–Crippen MR) is 78.9 cm³/mol. The molecule has 0 unspecified atom stereocenters. The third kappa shape index (κ3) is 5.22. The summed E-state index contributed by atoms with van der Waals surface area (Å²) in [5, 5.41) is 0. The Morgan fingerprint density at radius 1 is 1.06 bits per heavy atom. The minimum absolute atomic E-state index is 0.709. The van der Waals surface area contributed by atoms with Crippen LogP contribution < -0.4 is 5.73 Å². The number of piperazine rings is 1. The number of likely N-dealkylation sites (N-methyl/N-ethyl adjacent to an activating group) is 1. The molecule has 0 radical (unpaired) electrons. The first kappa shape index (κ1) is 15.9. The van der Waals surface area contributed by atoms with E-state index in [1.54, 1.807) is 0 Å². The monoisotopic (exact) mass is 256 g/mol. The van der Waals surface area contributed by atoms with Gasteiger partial charge in [-0.05, 0) is 19.9 Å². The molecular weight excluding hydrogens is 224 g/mol. The van der Waals surface area contributed by atoms with Crippen LogP contribution in [0, 0.1) is 0 Å². The van der Waals surface area contributed by atoms with Crippen LogP contribution in [0.5, 0.6) is 0 Å². The molecule has 1 heterocycles. The molecule has 2 N–H and O–H groups in total. The van der Waals surface area contributed by atoms with E-state index in [1.165, 1.54) is 52.1 Å². The van der Waals surface area contributed by atoms with E-state index in [9.17, 15) is 0 Å². The Morgan fingerprint density at radius 2 is 1.67 bits per heavy atom. The molecule has 18 heavy (non-hydrogen) atoms. The molecule has 0 bridgehead atoms. The highest BCUT2D eigenvalue weighted by molar-refractivity contribution is 4.74. The fourth-order valence-corrected chi connectivity index (χ4v) is 2.79. The summed E-state index contributed by atoms with van der Waals surface area (Å²) in [6.07, 6.45) is 2.47. The fourth-order valence-electron chi connectivity index (χ4n) is 2.79. The van der Waals surface area contributed by atoms with E-state index in [0.29, 0.717) is 6.04 Å². The molecular formula is C14H32N4. The van der Waals surface area contributed by atoms with E-state index in [0.717, 1.165) is 13.1 Å². The maximum absolute atomic E-state index is 5.74. The molecule has 1 aliphatic heterocycles. The lowest BCUT2D eigenvalue weighted by Crippen LogP contribution is -2.48. The lowest BCUT2D eigenvalue weighted by Gasteiger charge is -2.36. The Hall–Kier alpha value is -0.160. The molecule has 0 spiro atoms. The van der Waals surface area contributed by atoms with Gasteiger partial charge in [0.15, 0.2) is 0 Å². The summed E-state index contributed by atoms with van der Waals surface area (Å²) in [7, 11) is 2.21. The van der Waals surface area contributed by atoms with E-state index >= 15 is 0 Å². The second-order valence-corrected chi connectivity index (χ2v) is 5.44. The van der Waals surface area contributed by atoms with Crippen molar-refractivity contribution in [2.75, 3.05) is 59.4 Å². The molecule has 1 fully saturated rings. The zero-order valence-electron chi connectivity index (χ0n) is 12.6. The Bertz CT molecular complexity index is 198. The Kier molecular flexibility index (Phi) is 7.82. The van der Waals surface area contributed by atoms with E-state index in [2.05, 4.69) is 35.6 Å². The number of hydrogen-bond donors (Lipinski definition) is 1. The first-order valence-corrected chi connectivity index (χ1v) is 7.56. The molecule has 4 heteroatoms. The van der Waals surface area contributed by atoms with Crippen molar-refractivity contribution in [3.8, 4) is 0 Å². The first-order chi connectivity index (χ1) is 8.71. The summed E-state index contributed by atoms with van der Waals surface area (Å²) < 4.78 is 0. The molecule has 4 nitrogen and oxygen atoms in total.